The molecule has 7 rings (SSSR count). The summed E-state index contributed by atoms with van der Waals surface area (Å²) < 4.78 is 33.7. The molecule has 37 heavy (non-hydrogen) atoms. The van der Waals surface area contributed by atoms with Crippen LogP contribution < -0.4 is 5.14 Å². The van der Waals surface area contributed by atoms with E-state index in [1.807, 2.05) is 0 Å². The minimum Gasteiger partial charge on any atom is -0.369 e. The van der Waals surface area contributed by atoms with Crippen molar-refractivity contribution >= 4 is 10.2 Å². The molecule has 3 N–H and O–H groups in total. The number of piperidine rings is 1. The lowest BCUT2D eigenvalue weighted by Gasteiger charge is -2.52. The van der Waals surface area contributed by atoms with Crippen LogP contribution in [0.15, 0.2) is 17.3 Å². The predicted molar refractivity (Wildman–Crippen MR) is 143 cm³/mol. The van der Waals surface area contributed by atoms with Crippen LogP contribution in [0.2, 0.25) is 0 Å². The molecule has 4 fully saturated rings. The Labute approximate surface area is 222 Å². The Morgan fingerprint density at radius 3 is 2.78 bits per heavy atom. The average Bonchev–Trinajstić information content (AvgIpc) is 3.47. The van der Waals surface area contributed by atoms with Gasteiger partial charge < -0.3 is 4.74 Å². The van der Waals surface area contributed by atoms with Gasteiger partial charge in [-0.1, -0.05) is 31.9 Å². The first kappa shape index (κ1) is 24.8. The molecule has 2 saturated carbocycles. The van der Waals surface area contributed by atoms with Gasteiger partial charge in [-0.2, -0.15) is 17.8 Å². The second-order valence-corrected chi connectivity index (χ2v) is 15.6. The number of aromatic amines is 1. The standard InChI is InChI=1S/C29H44N4O3S/c1-16-9-26-27(33(15-16)37(30,34)35)18(3)29(36-26)8-7-21-22-6-5-20-10-25-19(14-31-32-25)13-28(20,4)24(22)11-23(21)17(2)12-29/h14,16,18,20-22,24,26-27H,5-13,15H2,1-4H3,(H,31,32)(H2,30,34,35)/t16-,18+,20+,21-,22-,24-,26+,27-,28-,29-/m0/s1. The lowest BCUT2D eigenvalue weighted by Crippen LogP contribution is -2.56. The molecule has 0 unspecified atom stereocenters. The fourth-order valence-corrected chi connectivity index (χ4v) is 11.6. The number of rotatable bonds is 1. The SMILES string of the molecule is CC1=C2C[C@H]3[C@@H](CC[C@@H]4Cc5[nH]ncc5C[C@@]43C)[C@@H]2CC[C@@]2(C1)O[C@@H]1C[C@H](C)CN(S(N)(=O)=O)[C@H]1[C@H]2C. The van der Waals surface area contributed by atoms with Gasteiger partial charge in [-0.15, -0.1) is 0 Å². The number of ether oxygens (including phenoxy) is 1. The highest BCUT2D eigenvalue weighted by atomic mass is 32.2. The van der Waals surface area contributed by atoms with Crippen LogP contribution in [0.3, 0.4) is 0 Å². The number of nitrogens with zero attached hydrogens (tertiary/aromatic N) is 2. The van der Waals surface area contributed by atoms with Gasteiger partial charge >= 0.3 is 0 Å². The molecule has 2 aliphatic heterocycles. The highest BCUT2D eigenvalue weighted by Gasteiger charge is 2.61. The summed E-state index contributed by atoms with van der Waals surface area (Å²) in [4.78, 5) is 0. The van der Waals surface area contributed by atoms with Crippen LogP contribution >= 0.6 is 0 Å². The highest BCUT2D eigenvalue weighted by molar-refractivity contribution is 7.86. The Hall–Kier alpha value is -1.22. The Bertz CT molecular complexity index is 1240. The first-order valence-electron chi connectivity index (χ1n) is 14.7. The number of H-pyrrole nitrogens is 1. The Morgan fingerprint density at radius 1 is 1.19 bits per heavy atom. The van der Waals surface area contributed by atoms with Crippen LogP contribution in [0.25, 0.3) is 0 Å². The van der Waals surface area contributed by atoms with E-state index in [0.29, 0.717) is 17.9 Å². The maximum absolute atomic E-state index is 12.6. The molecule has 2 saturated heterocycles. The van der Waals surface area contributed by atoms with E-state index >= 15 is 0 Å². The summed E-state index contributed by atoms with van der Waals surface area (Å²) in [6.45, 7) is 9.81. The van der Waals surface area contributed by atoms with Crippen molar-refractivity contribution in [2.75, 3.05) is 6.54 Å². The minimum absolute atomic E-state index is 0.0543. The zero-order chi connectivity index (χ0) is 25.9. The molecule has 6 aliphatic rings. The quantitative estimate of drug-likeness (QED) is 0.529. The zero-order valence-electron chi connectivity index (χ0n) is 22.9. The van der Waals surface area contributed by atoms with E-state index in [1.165, 1.54) is 48.9 Å². The lowest BCUT2D eigenvalue weighted by molar-refractivity contribution is -0.0763. The number of nitrogens with one attached hydrogen (secondary N) is 1. The molecule has 1 aromatic rings. The summed E-state index contributed by atoms with van der Waals surface area (Å²) in [5, 5.41) is 13.4. The molecule has 3 heterocycles. The summed E-state index contributed by atoms with van der Waals surface area (Å²) in [6, 6.07) is -0.143. The van der Waals surface area contributed by atoms with Gasteiger partial charge in [0.25, 0.3) is 10.2 Å². The summed E-state index contributed by atoms with van der Waals surface area (Å²) in [5.41, 5.74) is 6.14. The molecular formula is C29H44N4O3S. The molecule has 8 heteroatoms. The summed E-state index contributed by atoms with van der Waals surface area (Å²) in [7, 11) is -3.76. The molecule has 4 aliphatic carbocycles. The van der Waals surface area contributed by atoms with E-state index in [2.05, 4.69) is 44.1 Å². The van der Waals surface area contributed by atoms with Crippen LogP contribution in [0.5, 0.6) is 0 Å². The number of allylic oxidation sites excluding steroid dienone is 1. The third-order valence-corrected chi connectivity index (χ3v) is 13.3. The summed E-state index contributed by atoms with van der Waals surface area (Å²) in [6.07, 6.45) is 12.3. The maximum atomic E-state index is 12.6. The minimum atomic E-state index is -3.76. The van der Waals surface area contributed by atoms with Crippen molar-refractivity contribution in [3.8, 4) is 0 Å². The monoisotopic (exact) mass is 528 g/mol. The van der Waals surface area contributed by atoms with Crippen molar-refractivity contribution in [1.82, 2.24) is 14.5 Å². The van der Waals surface area contributed by atoms with Gasteiger partial charge in [-0.05, 0) is 105 Å². The first-order valence-corrected chi connectivity index (χ1v) is 16.2. The number of hydrogen-bond acceptors (Lipinski definition) is 4. The Morgan fingerprint density at radius 2 is 2.00 bits per heavy atom. The molecule has 1 spiro atoms. The van der Waals surface area contributed by atoms with Crippen LogP contribution in [-0.2, 0) is 27.8 Å². The normalized spacial score (nSPS) is 47.7. The van der Waals surface area contributed by atoms with E-state index in [1.54, 1.807) is 9.88 Å². The Kier molecular flexibility index (Phi) is 5.46. The Balaban J connectivity index is 1.19. The molecule has 0 aromatic carbocycles. The van der Waals surface area contributed by atoms with Crippen molar-refractivity contribution in [3.05, 3.63) is 28.6 Å². The van der Waals surface area contributed by atoms with Gasteiger partial charge in [0.1, 0.15) is 0 Å². The molecule has 7 nitrogen and oxygen atoms in total. The van der Waals surface area contributed by atoms with E-state index in [9.17, 15) is 8.42 Å². The molecule has 10 atom stereocenters. The summed E-state index contributed by atoms with van der Waals surface area (Å²) in [5.74, 6) is 3.31. The lowest BCUT2D eigenvalue weighted by atomic mass is 9.52. The number of fused-ring (bicyclic) bond motifs is 7. The van der Waals surface area contributed by atoms with Gasteiger partial charge in [-0.3, -0.25) is 5.10 Å². The molecule has 0 radical (unpaired) electrons. The third-order valence-electron chi connectivity index (χ3n) is 12.3. The topological polar surface area (TPSA) is 101 Å². The third kappa shape index (κ3) is 3.54. The van der Waals surface area contributed by atoms with E-state index in [0.717, 1.165) is 43.4 Å². The molecule has 0 amide bonds. The molecule has 204 valence electrons. The van der Waals surface area contributed by atoms with Crippen molar-refractivity contribution in [1.29, 1.82) is 0 Å². The van der Waals surface area contributed by atoms with E-state index < -0.39 is 10.2 Å². The second kappa shape index (κ2) is 8.15. The average molecular weight is 529 g/mol. The first-order chi connectivity index (χ1) is 17.5. The number of nitrogens with two attached hydrogens (primary N) is 1. The van der Waals surface area contributed by atoms with Crippen LogP contribution in [-0.4, -0.2) is 47.2 Å². The second-order valence-electron chi connectivity index (χ2n) is 14.1. The van der Waals surface area contributed by atoms with Crippen molar-refractivity contribution in [2.45, 2.75) is 103 Å². The van der Waals surface area contributed by atoms with Crippen molar-refractivity contribution < 1.29 is 13.2 Å². The molecular weight excluding hydrogens is 484 g/mol. The van der Waals surface area contributed by atoms with Crippen molar-refractivity contribution in [3.63, 3.8) is 0 Å². The van der Waals surface area contributed by atoms with Gasteiger partial charge in [0, 0.05) is 18.2 Å². The van der Waals surface area contributed by atoms with Gasteiger partial charge in [0.15, 0.2) is 0 Å². The number of hydrogen-bond donors (Lipinski definition) is 2. The predicted octanol–water partition coefficient (Wildman–Crippen LogP) is 4.36. The van der Waals surface area contributed by atoms with E-state index in [-0.39, 0.29) is 29.6 Å². The highest BCUT2D eigenvalue weighted by Crippen LogP contribution is 2.64. The zero-order valence-corrected chi connectivity index (χ0v) is 23.7. The fourth-order valence-electron chi connectivity index (χ4n) is 10.5. The van der Waals surface area contributed by atoms with Gasteiger partial charge in [0.05, 0.1) is 23.9 Å². The summed E-state index contributed by atoms with van der Waals surface area (Å²) >= 11 is 0. The molecule has 1 aromatic heterocycles. The van der Waals surface area contributed by atoms with Crippen molar-refractivity contribution in [2.24, 2.45) is 46.1 Å². The van der Waals surface area contributed by atoms with Gasteiger partial charge in [0.2, 0.25) is 0 Å². The van der Waals surface area contributed by atoms with Crippen LogP contribution in [0.1, 0.15) is 83.9 Å². The number of aromatic nitrogens is 2. The smallest absolute Gasteiger partial charge is 0.277 e. The van der Waals surface area contributed by atoms with E-state index in [4.69, 9.17) is 9.88 Å². The fraction of sp³-hybridized carbons (Fsp3) is 0.828. The van der Waals surface area contributed by atoms with Crippen LogP contribution in [0.4, 0.5) is 0 Å². The maximum Gasteiger partial charge on any atom is 0.277 e. The van der Waals surface area contributed by atoms with Crippen LogP contribution in [0, 0.1) is 40.9 Å². The van der Waals surface area contributed by atoms with Gasteiger partial charge in [-0.25, -0.2) is 5.14 Å². The molecule has 0 bridgehead atoms. The largest absolute Gasteiger partial charge is 0.369 e.